The van der Waals surface area contributed by atoms with E-state index >= 15 is 0 Å². The van der Waals surface area contributed by atoms with Gasteiger partial charge in [-0.2, -0.15) is 16.8 Å². The van der Waals surface area contributed by atoms with Crippen LogP contribution in [0, 0.1) is 46.3 Å². The summed E-state index contributed by atoms with van der Waals surface area (Å²) in [4.78, 5) is 12.2. The molecule has 0 unspecified atom stereocenters. The van der Waals surface area contributed by atoms with Gasteiger partial charge in [0.25, 0.3) is 10.1 Å². The molecule has 0 heterocycles. The van der Waals surface area contributed by atoms with Gasteiger partial charge in [-0.1, -0.05) is 26.8 Å². The van der Waals surface area contributed by atoms with Crippen molar-refractivity contribution < 1.29 is 45.1 Å². The fourth-order valence-corrected chi connectivity index (χ4v) is 9.92. The van der Waals surface area contributed by atoms with Crippen LogP contribution >= 0.6 is 0 Å². The molecular formula is C26H43NO10S2. The summed E-state index contributed by atoms with van der Waals surface area (Å²) in [5, 5.41) is 25.6. The number of hydrogen-bond donors (Lipinski definition) is 5. The molecule has 0 aromatic rings. The lowest BCUT2D eigenvalue weighted by Gasteiger charge is -2.63. The van der Waals surface area contributed by atoms with Crippen LogP contribution in [0.4, 0.5) is 0 Å². The molecule has 1 amide bonds. The van der Waals surface area contributed by atoms with E-state index in [2.05, 4.69) is 19.2 Å². The lowest BCUT2D eigenvalue weighted by molar-refractivity contribution is -0.205. The fraction of sp³-hybridized carbons (Fsp3) is 0.885. The average molecular weight is 594 g/mol. The molecule has 0 bridgehead atoms. The Labute approximate surface area is 231 Å². The monoisotopic (exact) mass is 593 g/mol. The standard InChI is InChI=1S/C26H43NO10S2/c1-15(4-7-23(30)27-10-11-38(31,32)33)18-5-6-19-24-20(14-22(29)26(18,19)3)25(2)9-8-17(37-39(34,35)36)12-16(25)13-21(24)28/h4,7,15-22,24,28-29H,5-6,8-14H2,1-3H3,(H,27,30)(H,31,32,33)(H,34,35,36)/b7-4+/t15-,16+,17-,18-,19+,20+,21-,22+,24+,25+,26-/m1/s1. The van der Waals surface area contributed by atoms with Crippen molar-refractivity contribution >= 4 is 26.4 Å². The molecule has 0 spiro atoms. The summed E-state index contributed by atoms with van der Waals surface area (Å²) in [5.41, 5.74) is -0.642. The predicted octanol–water partition coefficient (Wildman–Crippen LogP) is 1.97. The van der Waals surface area contributed by atoms with E-state index in [1.165, 1.54) is 6.08 Å². The Morgan fingerprint density at radius 3 is 2.38 bits per heavy atom. The molecule has 4 fully saturated rings. The van der Waals surface area contributed by atoms with Crippen molar-refractivity contribution in [3.8, 4) is 0 Å². The number of carbonyl (C=O) groups is 1. The maximum Gasteiger partial charge on any atom is 0.397 e. The molecular weight excluding hydrogens is 550 g/mol. The first-order chi connectivity index (χ1) is 18.0. The summed E-state index contributed by atoms with van der Waals surface area (Å²) < 4.78 is 67.1. The number of hydrogen-bond acceptors (Lipinski definition) is 8. The van der Waals surface area contributed by atoms with Gasteiger partial charge in [-0.05, 0) is 91.9 Å². The van der Waals surface area contributed by atoms with Crippen molar-refractivity contribution in [1.82, 2.24) is 5.32 Å². The van der Waals surface area contributed by atoms with Crippen molar-refractivity contribution in [3.05, 3.63) is 12.2 Å². The van der Waals surface area contributed by atoms with Gasteiger partial charge in [-0.15, -0.1) is 0 Å². The molecule has 0 saturated heterocycles. The van der Waals surface area contributed by atoms with Crippen LogP contribution < -0.4 is 5.32 Å². The van der Waals surface area contributed by atoms with E-state index in [0.717, 1.165) is 12.8 Å². The summed E-state index contributed by atoms with van der Waals surface area (Å²) in [5.74, 6) is -0.792. The number of amides is 1. The summed E-state index contributed by atoms with van der Waals surface area (Å²) in [6.45, 7) is 6.11. The second-order valence-corrected chi connectivity index (χ2v) is 15.4. The van der Waals surface area contributed by atoms with Crippen LogP contribution in [0.2, 0.25) is 0 Å². The maximum atomic E-state index is 12.2. The zero-order valence-electron chi connectivity index (χ0n) is 22.8. The minimum Gasteiger partial charge on any atom is -0.393 e. The Kier molecular flexibility index (Phi) is 8.67. The Balaban J connectivity index is 1.47. The first-order valence-electron chi connectivity index (χ1n) is 13.9. The fourth-order valence-electron chi connectivity index (χ4n) is 9.04. The molecule has 5 N–H and O–H groups in total. The quantitative estimate of drug-likeness (QED) is 0.206. The van der Waals surface area contributed by atoms with Crippen molar-refractivity contribution in [2.24, 2.45) is 46.3 Å². The molecule has 11 atom stereocenters. The highest BCUT2D eigenvalue weighted by Gasteiger charge is 2.65. The van der Waals surface area contributed by atoms with Crippen LogP contribution in [0.5, 0.6) is 0 Å². The van der Waals surface area contributed by atoms with E-state index in [9.17, 15) is 31.8 Å². The van der Waals surface area contributed by atoms with Gasteiger partial charge in [-0.25, -0.2) is 4.18 Å². The molecule has 0 aromatic heterocycles. The Hall–Kier alpha value is -1.09. The van der Waals surface area contributed by atoms with Gasteiger partial charge < -0.3 is 15.5 Å². The summed E-state index contributed by atoms with van der Waals surface area (Å²) in [6.07, 6.45) is 5.71. The number of nitrogens with one attached hydrogen (secondary N) is 1. The second-order valence-electron chi connectivity index (χ2n) is 12.8. The molecule has 4 saturated carbocycles. The van der Waals surface area contributed by atoms with Gasteiger partial charge >= 0.3 is 10.4 Å². The molecule has 4 aliphatic carbocycles. The zero-order valence-corrected chi connectivity index (χ0v) is 24.4. The van der Waals surface area contributed by atoms with E-state index in [1.54, 1.807) is 6.08 Å². The molecule has 13 heteroatoms. The summed E-state index contributed by atoms with van der Waals surface area (Å²) in [7, 11) is -8.71. The van der Waals surface area contributed by atoms with Crippen LogP contribution in [0.25, 0.3) is 0 Å². The van der Waals surface area contributed by atoms with E-state index in [4.69, 9.17) is 13.3 Å². The van der Waals surface area contributed by atoms with E-state index in [-0.39, 0.29) is 47.5 Å². The van der Waals surface area contributed by atoms with Gasteiger partial charge in [-0.3, -0.25) is 13.9 Å². The van der Waals surface area contributed by atoms with Gasteiger partial charge in [0.15, 0.2) is 0 Å². The Morgan fingerprint density at radius 2 is 1.74 bits per heavy atom. The molecule has 4 aliphatic rings. The number of aliphatic hydroxyl groups excluding tert-OH is 2. The van der Waals surface area contributed by atoms with Crippen LogP contribution in [-0.4, -0.2) is 72.7 Å². The van der Waals surface area contributed by atoms with Gasteiger partial charge in [0.1, 0.15) is 0 Å². The smallest absolute Gasteiger partial charge is 0.393 e. The Bertz CT molecular complexity index is 1170. The molecule has 0 radical (unpaired) electrons. The SMILES string of the molecule is C[C@H](/C=C/C(=O)NCCS(=O)(=O)O)[C@H]1CC[C@H]2[C@@H]3[C@H](O)C[C@@H]4C[C@H](OS(=O)(=O)O)CC[C@]4(C)[C@H]3C[C@H](O)[C@]12C. The Morgan fingerprint density at radius 1 is 1.05 bits per heavy atom. The van der Waals surface area contributed by atoms with E-state index < -0.39 is 55.9 Å². The van der Waals surface area contributed by atoms with Gasteiger partial charge in [0, 0.05) is 12.0 Å². The topological polar surface area (TPSA) is 188 Å². The van der Waals surface area contributed by atoms with Crippen molar-refractivity contribution in [3.63, 3.8) is 0 Å². The third kappa shape index (κ3) is 6.24. The highest BCUT2D eigenvalue weighted by molar-refractivity contribution is 7.85. The zero-order chi connectivity index (χ0) is 29.0. The van der Waals surface area contributed by atoms with E-state index in [1.807, 2.05) is 6.92 Å². The van der Waals surface area contributed by atoms with Crippen LogP contribution in [0.15, 0.2) is 12.2 Å². The van der Waals surface area contributed by atoms with E-state index in [0.29, 0.717) is 32.1 Å². The summed E-state index contributed by atoms with van der Waals surface area (Å²) in [6, 6.07) is 0. The highest BCUT2D eigenvalue weighted by Crippen LogP contribution is 2.68. The number of aliphatic hydroxyl groups is 2. The molecule has 4 rings (SSSR count). The third-order valence-electron chi connectivity index (χ3n) is 10.9. The maximum absolute atomic E-state index is 12.2. The number of allylic oxidation sites excluding steroid dienone is 1. The largest absolute Gasteiger partial charge is 0.397 e. The third-order valence-corrected chi connectivity index (χ3v) is 12.2. The van der Waals surface area contributed by atoms with Crippen LogP contribution in [-0.2, 0) is 29.5 Å². The van der Waals surface area contributed by atoms with Crippen LogP contribution in [0.1, 0.15) is 65.7 Å². The van der Waals surface area contributed by atoms with Gasteiger partial charge in [0.05, 0.1) is 24.1 Å². The van der Waals surface area contributed by atoms with Crippen molar-refractivity contribution in [1.29, 1.82) is 0 Å². The number of carbonyl (C=O) groups excluding carboxylic acids is 1. The molecule has 0 aromatic carbocycles. The molecule has 224 valence electrons. The highest BCUT2D eigenvalue weighted by atomic mass is 32.3. The second kappa shape index (κ2) is 11.0. The lowest BCUT2D eigenvalue weighted by atomic mass is 9.43. The van der Waals surface area contributed by atoms with Crippen molar-refractivity contribution in [2.75, 3.05) is 12.3 Å². The van der Waals surface area contributed by atoms with Crippen molar-refractivity contribution in [2.45, 2.75) is 84.0 Å². The number of fused-ring (bicyclic) bond motifs is 5. The molecule has 0 aliphatic heterocycles. The summed E-state index contributed by atoms with van der Waals surface area (Å²) >= 11 is 0. The normalized spacial score (nSPS) is 43.4. The number of rotatable bonds is 8. The first-order valence-corrected chi connectivity index (χ1v) is 16.9. The predicted molar refractivity (Wildman–Crippen MR) is 142 cm³/mol. The average Bonchev–Trinajstić information content (AvgIpc) is 3.16. The first kappa shape index (κ1) is 30.9. The molecule has 11 nitrogen and oxygen atoms in total. The van der Waals surface area contributed by atoms with Crippen LogP contribution in [0.3, 0.4) is 0 Å². The van der Waals surface area contributed by atoms with Gasteiger partial charge in [0.2, 0.25) is 5.91 Å². The minimum atomic E-state index is -4.55. The minimum absolute atomic E-state index is 0.00333. The lowest BCUT2D eigenvalue weighted by Crippen LogP contribution is -2.62. The molecule has 39 heavy (non-hydrogen) atoms.